The molecule has 0 bridgehead atoms. The van der Waals surface area contributed by atoms with Crippen LogP contribution in [0.3, 0.4) is 0 Å². The minimum Gasteiger partial charge on any atom is -0.423 e. The van der Waals surface area contributed by atoms with Gasteiger partial charge >= 0.3 is 0 Å². The third-order valence-electron chi connectivity index (χ3n) is 5.48. The van der Waals surface area contributed by atoms with Gasteiger partial charge in [0.2, 0.25) is 17.7 Å². The fraction of sp³-hybridized carbons (Fsp3) is 0.476. The van der Waals surface area contributed by atoms with E-state index in [1.807, 2.05) is 6.07 Å². The molecule has 2 aliphatic rings. The molecule has 4 rings (SSSR count). The third kappa shape index (κ3) is 3.74. The molecule has 2 atom stereocenters. The molecule has 1 amide bonds. The minimum absolute atomic E-state index is 0.0378. The monoisotopic (exact) mass is 364 g/mol. The number of nitrogens with one attached hydrogen (secondary N) is 1. The largest absolute Gasteiger partial charge is 0.423 e. The van der Waals surface area contributed by atoms with E-state index in [2.05, 4.69) is 45.7 Å². The van der Waals surface area contributed by atoms with Crippen LogP contribution in [0.4, 0.5) is 0 Å². The van der Waals surface area contributed by atoms with Crippen LogP contribution in [-0.4, -0.2) is 40.6 Å². The summed E-state index contributed by atoms with van der Waals surface area (Å²) in [4.78, 5) is 13.8. The van der Waals surface area contributed by atoms with Crippen LogP contribution in [0.5, 0.6) is 0 Å². The lowest BCUT2D eigenvalue weighted by molar-refractivity contribution is -0.135. The topological polar surface area (TPSA) is 71.3 Å². The van der Waals surface area contributed by atoms with Gasteiger partial charge in [-0.3, -0.25) is 4.79 Å². The molecular formula is C21H24N4O2. The molecule has 0 saturated carbocycles. The van der Waals surface area contributed by atoms with Gasteiger partial charge in [0.25, 0.3) is 0 Å². The highest BCUT2D eigenvalue weighted by atomic mass is 16.4. The number of likely N-dealkylation sites (tertiary alicyclic amines) is 1. The van der Waals surface area contributed by atoms with Gasteiger partial charge in [0.05, 0.1) is 12.0 Å². The second-order valence-electron chi connectivity index (χ2n) is 7.27. The quantitative estimate of drug-likeness (QED) is 0.826. The number of aromatic nitrogens is 2. The summed E-state index contributed by atoms with van der Waals surface area (Å²) < 4.78 is 6.03. The lowest BCUT2D eigenvalue weighted by atomic mass is 9.85. The predicted molar refractivity (Wildman–Crippen MR) is 101 cm³/mol. The minimum atomic E-state index is 0.0378. The Kier molecular flexibility index (Phi) is 5.21. The van der Waals surface area contributed by atoms with Gasteiger partial charge in [0.15, 0.2) is 0 Å². The number of hydrogen-bond acceptors (Lipinski definition) is 5. The molecule has 140 valence electrons. The summed E-state index contributed by atoms with van der Waals surface area (Å²) in [6, 6.07) is 10.5. The molecule has 6 heteroatoms. The van der Waals surface area contributed by atoms with Crippen molar-refractivity contribution in [3.8, 4) is 12.3 Å². The molecule has 0 aliphatic carbocycles. The van der Waals surface area contributed by atoms with E-state index in [0.717, 1.165) is 19.4 Å². The maximum Gasteiger partial charge on any atom is 0.234 e. The summed E-state index contributed by atoms with van der Waals surface area (Å²) in [6.45, 7) is 2.21. The predicted octanol–water partition coefficient (Wildman–Crippen LogP) is 2.62. The van der Waals surface area contributed by atoms with E-state index < -0.39 is 0 Å². The van der Waals surface area contributed by atoms with E-state index in [1.54, 1.807) is 4.90 Å². The van der Waals surface area contributed by atoms with Crippen molar-refractivity contribution in [3.05, 3.63) is 47.7 Å². The van der Waals surface area contributed by atoms with E-state index in [0.29, 0.717) is 43.6 Å². The van der Waals surface area contributed by atoms with Crippen LogP contribution in [0.15, 0.2) is 34.7 Å². The lowest BCUT2D eigenvalue weighted by Gasteiger charge is -2.37. The SMILES string of the molecule is C#CCCC(=O)N1CC(c2nnc([C@@H]3NCCC[C@@H]3c3ccccc3)o2)C1. The fourth-order valence-corrected chi connectivity index (χ4v) is 3.92. The molecule has 1 N–H and O–H groups in total. The number of terminal acetylenes is 1. The highest BCUT2D eigenvalue weighted by Crippen LogP contribution is 2.37. The first-order chi connectivity index (χ1) is 13.3. The number of amides is 1. The Balaban J connectivity index is 1.42. The average molecular weight is 364 g/mol. The zero-order valence-electron chi connectivity index (χ0n) is 15.3. The zero-order valence-corrected chi connectivity index (χ0v) is 15.3. The van der Waals surface area contributed by atoms with Crippen molar-refractivity contribution in [2.75, 3.05) is 19.6 Å². The number of benzene rings is 1. The van der Waals surface area contributed by atoms with E-state index in [9.17, 15) is 4.79 Å². The Bertz CT molecular complexity index is 820. The molecule has 2 aliphatic heterocycles. The van der Waals surface area contributed by atoms with Crippen molar-refractivity contribution in [2.24, 2.45) is 0 Å². The first-order valence-electron chi connectivity index (χ1n) is 9.59. The Labute approximate surface area is 159 Å². The van der Waals surface area contributed by atoms with Gasteiger partial charge < -0.3 is 14.6 Å². The van der Waals surface area contributed by atoms with Gasteiger partial charge in [0, 0.05) is 31.8 Å². The van der Waals surface area contributed by atoms with Gasteiger partial charge in [0.1, 0.15) is 0 Å². The van der Waals surface area contributed by atoms with Gasteiger partial charge in [-0.15, -0.1) is 22.5 Å². The first-order valence-corrected chi connectivity index (χ1v) is 9.59. The molecule has 2 aromatic rings. The summed E-state index contributed by atoms with van der Waals surface area (Å²) in [5.74, 6) is 4.34. The standard InChI is InChI=1S/C21H24N4O2/c1-2-3-11-18(26)25-13-16(14-25)20-23-24-21(27-20)19-17(10-7-12-22-19)15-8-5-4-6-9-15/h1,4-6,8-9,16-17,19,22H,3,7,10-14H2/t17-,19-/m1/s1. The van der Waals surface area contributed by atoms with Crippen LogP contribution in [0.1, 0.15) is 60.9 Å². The first kappa shape index (κ1) is 17.7. The Morgan fingerprint density at radius 1 is 1.26 bits per heavy atom. The van der Waals surface area contributed by atoms with Gasteiger partial charge in [-0.1, -0.05) is 30.3 Å². The highest BCUT2D eigenvalue weighted by Gasteiger charge is 2.37. The molecule has 27 heavy (non-hydrogen) atoms. The van der Waals surface area contributed by atoms with Gasteiger partial charge in [-0.05, 0) is 24.9 Å². The second-order valence-corrected chi connectivity index (χ2v) is 7.27. The molecule has 0 unspecified atom stereocenters. The number of carbonyl (C=O) groups is 1. The van der Waals surface area contributed by atoms with Crippen LogP contribution in [0, 0.1) is 12.3 Å². The van der Waals surface area contributed by atoms with Crippen LogP contribution in [0.2, 0.25) is 0 Å². The van der Waals surface area contributed by atoms with E-state index >= 15 is 0 Å². The Morgan fingerprint density at radius 2 is 2.04 bits per heavy atom. The Morgan fingerprint density at radius 3 is 2.81 bits per heavy atom. The fourth-order valence-electron chi connectivity index (χ4n) is 3.92. The van der Waals surface area contributed by atoms with E-state index in [4.69, 9.17) is 10.8 Å². The summed E-state index contributed by atoms with van der Waals surface area (Å²) in [5, 5.41) is 12.1. The van der Waals surface area contributed by atoms with Crippen molar-refractivity contribution in [2.45, 2.75) is 43.6 Å². The molecule has 1 aromatic heterocycles. The van der Waals surface area contributed by atoms with Crippen LogP contribution < -0.4 is 5.32 Å². The summed E-state index contributed by atoms with van der Waals surface area (Å²) in [7, 11) is 0. The van der Waals surface area contributed by atoms with E-state index in [1.165, 1.54) is 5.56 Å². The molecule has 0 radical (unpaired) electrons. The van der Waals surface area contributed by atoms with Crippen molar-refractivity contribution in [1.82, 2.24) is 20.4 Å². The van der Waals surface area contributed by atoms with Crippen LogP contribution in [0.25, 0.3) is 0 Å². The molecule has 2 fully saturated rings. The van der Waals surface area contributed by atoms with Crippen LogP contribution >= 0.6 is 0 Å². The molecule has 0 spiro atoms. The molecule has 6 nitrogen and oxygen atoms in total. The maximum absolute atomic E-state index is 12.0. The van der Waals surface area contributed by atoms with Gasteiger partial charge in [-0.25, -0.2) is 0 Å². The Hall–Kier alpha value is -2.65. The molecule has 2 saturated heterocycles. The van der Waals surface area contributed by atoms with Crippen molar-refractivity contribution in [3.63, 3.8) is 0 Å². The van der Waals surface area contributed by atoms with Crippen molar-refractivity contribution in [1.29, 1.82) is 0 Å². The number of carbonyl (C=O) groups excluding carboxylic acids is 1. The van der Waals surface area contributed by atoms with Crippen LogP contribution in [-0.2, 0) is 4.79 Å². The number of hydrogen-bond donors (Lipinski definition) is 1. The zero-order chi connectivity index (χ0) is 18.6. The highest BCUT2D eigenvalue weighted by molar-refractivity contribution is 5.77. The number of piperidine rings is 1. The van der Waals surface area contributed by atoms with Gasteiger partial charge in [-0.2, -0.15) is 0 Å². The van der Waals surface area contributed by atoms with Crippen molar-refractivity contribution < 1.29 is 9.21 Å². The van der Waals surface area contributed by atoms with Crippen molar-refractivity contribution >= 4 is 5.91 Å². The normalized spacial score (nSPS) is 22.9. The van der Waals surface area contributed by atoms with E-state index in [-0.39, 0.29) is 17.9 Å². The number of rotatable bonds is 5. The third-order valence-corrected chi connectivity index (χ3v) is 5.48. The summed E-state index contributed by atoms with van der Waals surface area (Å²) in [5.41, 5.74) is 1.29. The second kappa shape index (κ2) is 7.93. The average Bonchev–Trinajstić information content (AvgIpc) is 3.15. The molecule has 1 aromatic carbocycles. The lowest BCUT2D eigenvalue weighted by Crippen LogP contribution is -2.48. The number of nitrogens with zero attached hydrogens (tertiary/aromatic N) is 3. The summed E-state index contributed by atoms with van der Waals surface area (Å²) in [6.07, 6.45) is 8.34. The summed E-state index contributed by atoms with van der Waals surface area (Å²) >= 11 is 0. The smallest absolute Gasteiger partial charge is 0.234 e. The molecular weight excluding hydrogens is 340 g/mol. The molecule has 3 heterocycles. The maximum atomic E-state index is 12.0.